The molecule has 0 bridgehead atoms. The predicted octanol–water partition coefficient (Wildman–Crippen LogP) is 0.683. The predicted molar refractivity (Wildman–Crippen MR) is 67.0 cm³/mol. The van der Waals surface area contributed by atoms with Crippen molar-refractivity contribution in [3.8, 4) is 0 Å². The average molecular weight is 254 g/mol. The van der Waals surface area contributed by atoms with Crippen LogP contribution in [0.15, 0.2) is 0 Å². The molecule has 1 atom stereocenters. The van der Waals surface area contributed by atoms with Gasteiger partial charge in [-0.25, -0.2) is 0 Å². The molecule has 0 unspecified atom stereocenters. The molecule has 1 spiro atoms. The van der Waals surface area contributed by atoms with E-state index >= 15 is 0 Å². The Kier molecular flexibility index (Phi) is 3.90. The largest absolute Gasteiger partial charge is 0.469 e. The fourth-order valence-corrected chi connectivity index (χ4v) is 3.19. The first-order valence-corrected chi connectivity index (χ1v) is 6.67. The van der Waals surface area contributed by atoms with E-state index in [0.29, 0.717) is 13.0 Å². The molecule has 0 aromatic rings. The molecule has 1 amide bonds. The lowest BCUT2D eigenvalue weighted by atomic mass is 9.78. The number of carbonyl (C=O) groups is 2. The third-order valence-electron chi connectivity index (χ3n) is 4.08. The molecule has 2 fully saturated rings. The maximum atomic E-state index is 12.4. The van der Waals surface area contributed by atoms with E-state index in [2.05, 4.69) is 5.32 Å². The van der Waals surface area contributed by atoms with Gasteiger partial charge < -0.3 is 9.64 Å². The van der Waals surface area contributed by atoms with E-state index in [1.807, 2.05) is 7.05 Å². The van der Waals surface area contributed by atoms with Crippen molar-refractivity contribution in [3.05, 3.63) is 0 Å². The summed E-state index contributed by atoms with van der Waals surface area (Å²) >= 11 is 0. The van der Waals surface area contributed by atoms with E-state index in [-0.39, 0.29) is 17.9 Å². The Morgan fingerprint density at radius 3 is 2.72 bits per heavy atom. The molecular weight excluding hydrogens is 232 g/mol. The third kappa shape index (κ3) is 2.51. The molecule has 0 radical (unpaired) electrons. The first kappa shape index (κ1) is 13.3. The van der Waals surface area contributed by atoms with Gasteiger partial charge in [0.25, 0.3) is 0 Å². The number of piperazine rings is 1. The fourth-order valence-electron chi connectivity index (χ4n) is 3.19. The highest BCUT2D eigenvalue weighted by molar-refractivity contribution is 5.87. The summed E-state index contributed by atoms with van der Waals surface area (Å²) in [5.41, 5.74) is -0.427. The van der Waals surface area contributed by atoms with Crippen LogP contribution >= 0.6 is 0 Å². The quantitative estimate of drug-likeness (QED) is 0.736. The van der Waals surface area contributed by atoms with E-state index in [9.17, 15) is 9.59 Å². The minimum Gasteiger partial charge on any atom is -0.469 e. The second-order valence-corrected chi connectivity index (χ2v) is 5.45. The Balaban J connectivity index is 2.09. The first-order valence-electron chi connectivity index (χ1n) is 6.67. The van der Waals surface area contributed by atoms with Crippen molar-refractivity contribution >= 4 is 11.9 Å². The van der Waals surface area contributed by atoms with Crippen LogP contribution < -0.4 is 5.32 Å². The number of carbonyl (C=O) groups excluding carboxylic acids is 2. The zero-order valence-electron chi connectivity index (χ0n) is 11.2. The third-order valence-corrected chi connectivity index (χ3v) is 4.08. The Morgan fingerprint density at radius 1 is 1.44 bits per heavy atom. The number of nitrogens with zero attached hydrogens (tertiary/aromatic N) is 1. The van der Waals surface area contributed by atoms with Crippen LogP contribution in [0.4, 0.5) is 0 Å². The average Bonchev–Trinajstić information content (AvgIpc) is 2.37. The lowest BCUT2D eigenvalue weighted by Crippen LogP contribution is -2.68. The first-order chi connectivity index (χ1) is 8.57. The van der Waals surface area contributed by atoms with Crippen LogP contribution in [0.5, 0.6) is 0 Å². The van der Waals surface area contributed by atoms with E-state index in [1.54, 1.807) is 4.90 Å². The molecule has 2 aliphatic rings. The number of esters is 1. The number of ether oxygens (including phenoxy) is 1. The van der Waals surface area contributed by atoms with Gasteiger partial charge in [-0.05, 0) is 12.8 Å². The van der Waals surface area contributed by atoms with Crippen molar-refractivity contribution in [2.24, 2.45) is 0 Å². The van der Waals surface area contributed by atoms with Crippen LogP contribution in [0.25, 0.3) is 0 Å². The molecule has 0 aromatic heterocycles. The van der Waals surface area contributed by atoms with Gasteiger partial charge in [-0.1, -0.05) is 19.3 Å². The smallest absolute Gasteiger partial charge is 0.307 e. The van der Waals surface area contributed by atoms with Crippen LogP contribution in [0, 0.1) is 0 Å². The Hall–Kier alpha value is -1.10. The second-order valence-electron chi connectivity index (χ2n) is 5.45. The van der Waals surface area contributed by atoms with Crippen molar-refractivity contribution in [1.82, 2.24) is 10.2 Å². The van der Waals surface area contributed by atoms with Crippen molar-refractivity contribution in [2.75, 3.05) is 20.7 Å². The summed E-state index contributed by atoms with van der Waals surface area (Å²) in [5, 5.41) is 3.42. The Morgan fingerprint density at radius 2 is 2.11 bits per heavy atom. The van der Waals surface area contributed by atoms with Crippen LogP contribution in [-0.4, -0.2) is 49.1 Å². The molecule has 18 heavy (non-hydrogen) atoms. The van der Waals surface area contributed by atoms with Gasteiger partial charge in [0.05, 0.1) is 19.1 Å². The monoisotopic (exact) mass is 254 g/mol. The number of hydrogen-bond donors (Lipinski definition) is 1. The number of hydrogen-bond acceptors (Lipinski definition) is 4. The van der Waals surface area contributed by atoms with Crippen molar-refractivity contribution in [1.29, 1.82) is 0 Å². The van der Waals surface area contributed by atoms with E-state index < -0.39 is 5.54 Å². The van der Waals surface area contributed by atoms with Gasteiger partial charge in [0, 0.05) is 19.6 Å². The number of nitrogens with one attached hydrogen (secondary N) is 1. The summed E-state index contributed by atoms with van der Waals surface area (Å²) in [7, 11) is 3.22. The molecule has 102 valence electrons. The molecule has 1 saturated carbocycles. The molecule has 1 saturated heterocycles. The lowest BCUT2D eigenvalue weighted by molar-refractivity contribution is -0.148. The zero-order chi connectivity index (χ0) is 13.2. The molecule has 1 aliphatic heterocycles. The minimum atomic E-state index is -0.427. The maximum Gasteiger partial charge on any atom is 0.307 e. The summed E-state index contributed by atoms with van der Waals surface area (Å²) < 4.78 is 4.71. The number of likely N-dealkylation sites (N-methyl/N-ethyl adjacent to an activating group) is 1. The summed E-state index contributed by atoms with van der Waals surface area (Å²) in [5.74, 6) is -0.0375. The minimum absolute atomic E-state index is 0.0123. The molecule has 1 heterocycles. The van der Waals surface area contributed by atoms with E-state index in [1.165, 1.54) is 13.5 Å². The summed E-state index contributed by atoms with van der Waals surface area (Å²) in [6.07, 6.45) is 5.45. The molecule has 1 N–H and O–H groups in total. The highest BCUT2D eigenvalue weighted by atomic mass is 16.5. The van der Waals surface area contributed by atoms with Gasteiger partial charge in [0.2, 0.25) is 5.91 Å². The Bertz CT molecular complexity index is 337. The van der Waals surface area contributed by atoms with Crippen LogP contribution in [-0.2, 0) is 14.3 Å². The van der Waals surface area contributed by atoms with Crippen molar-refractivity contribution in [3.63, 3.8) is 0 Å². The second kappa shape index (κ2) is 5.26. The standard InChI is InChI=1S/C13H22N2O3/c1-15-9-10(8-11(16)18-2)14-13(12(15)17)6-4-3-5-7-13/h10,14H,3-9H2,1-2H3/t10-/m0/s1. The fraction of sp³-hybridized carbons (Fsp3) is 0.846. The Labute approximate surface area is 108 Å². The zero-order valence-corrected chi connectivity index (χ0v) is 11.2. The normalized spacial score (nSPS) is 27.3. The molecule has 5 nitrogen and oxygen atoms in total. The number of rotatable bonds is 2. The number of methoxy groups -OCH3 is 1. The van der Waals surface area contributed by atoms with Gasteiger partial charge in [-0.2, -0.15) is 0 Å². The van der Waals surface area contributed by atoms with E-state index in [0.717, 1.165) is 25.7 Å². The summed E-state index contributed by atoms with van der Waals surface area (Å²) in [6.45, 7) is 0.579. The SMILES string of the molecule is COC(=O)C[C@H]1CN(C)C(=O)C2(CCCCC2)N1. The van der Waals surface area contributed by atoms with Crippen LogP contribution in [0.1, 0.15) is 38.5 Å². The summed E-state index contributed by atoms with van der Waals surface area (Å²) in [4.78, 5) is 25.5. The topological polar surface area (TPSA) is 58.6 Å². The molecule has 2 rings (SSSR count). The maximum absolute atomic E-state index is 12.4. The highest BCUT2D eigenvalue weighted by Gasteiger charge is 2.46. The molecule has 1 aliphatic carbocycles. The number of amides is 1. The summed E-state index contributed by atoms with van der Waals surface area (Å²) in [6, 6.07) is 0.0123. The van der Waals surface area contributed by atoms with Crippen LogP contribution in [0.2, 0.25) is 0 Å². The van der Waals surface area contributed by atoms with Gasteiger partial charge in [0.1, 0.15) is 0 Å². The van der Waals surface area contributed by atoms with Gasteiger partial charge in [0.15, 0.2) is 0 Å². The van der Waals surface area contributed by atoms with Gasteiger partial charge in [-0.3, -0.25) is 14.9 Å². The van der Waals surface area contributed by atoms with Crippen LogP contribution in [0.3, 0.4) is 0 Å². The van der Waals surface area contributed by atoms with Gasteiger partial charge in [-0.15, -0.1) is 0 Å². The molecule has 5 heteroatoms. The van der Waals surface area contributed by atoms with E-state index in [4.69, 9.17) is 4.74 Å². The lowest BCUT2D eigenvalue weighted by Gasteiger charge is -2.46. The van der Waals surface area contributed by atoms with Gasteiger partial charge >= 0.3 is 5.97 Å². The molecular formula is C13H22N2O3. The van der Waals surface area contributed by atoms with Crippen molar-refractivity contribution < 1.29 is 14.3 Å². The molecule has 0 aromatic carbocycles. The van der Waals surface area contributed by atoms with Crippen molar-refractivity contribution in [2.45, 2.75) is 50.1 Å². The highest BCUT2D eigenvalue weighted by Crippen LogP contribution is 2.32.